The average Bonchev–Trinajstić information content (AvgIpc) is 3.33. The molecule has 3 heterocycles. The molecular weight excluding hydrogens is 441 g/mol. The Morgan fingerprint density at radius 2 is 1.76 bits per heavy atom. The van der Waals surface area contributed by atoms with E-state index in [9.17, 15) is 19.1 Å². The molecule has 1 aliphatic heterocycles. The SMILES string of the molecule is Cc1cc(C)c2nc(N3C(=O)C(=O)C(=C(O)c4ccncc4)C3c3ccc(F)cc3)sc2c1. The summed E-state index contributed by atoms with van der Waals surface area (Å²) in [5.41, 5.74) is 3.52. The van der Waals surface area contributed by atoms with Gasteiger partial charge in [0.2, 0.25) is 0 Å². The Morgan fingerprint density at radius 3 is 2.45 bits per heavy atom. The van der Waals surface area contributed by atoms with Crippen molar-refractivity contribution in [1.82, 2.24) is 9.97 Å². The van der Waals surface area contributed by atoms with Crippen LogP contribution in [0.25, 0.3) is 16.0 Å². The lowest BCUT2D eigenvalue weighted by Gasteiger charge is -2.23. The van der Waals surface area contributed by atoms with Gasteiger partial charge in [0.25, 0.3) is 5.78 Å². The van der Waals surface area contributed by atoms with E-state index in [-0.39, 0.29) is 11.3 Å². The Kier molecular flexibility index (Phi) is 5.02. The van der Waals surface area contributed by atoms with E-state index in [1.54, 1.807) is 12.1 Å². The molecule has 1 N–H and O–H groups in total. The number of hydrogen-bond acceptors (Lipinski definition) is 6. The zero-order valence-corrected chi connectivity index (χ0v) is 18.6. The Bertz CT molecular complexity index is 1450. The van der Waals surface area contributed by atoms with Crippen molar-refractivity contribution in [3.8, 4) is 0 Å². The van der Waals surface area contributed by atoms with Crippen molar-refractivity contribution in [2.24, 2.45) is 0 Å². The molecule has 164 valence electrons. The third-order valence-corrected chi connectivity index (χ3v) is 6.61. The van der Waals surface area contributed by atoms with Crippen LogP contribution in [0.15, 0.2) is 66.5 Å². The number of aryl methyl sites for hydroxylation is 2. The topological polar surface area (TPSA) is 83.4 Å². The van der Waals surface area contributed by atoms with E-state index in [1.165, 1.54) is 52.9 Å². The van der Waals surface area contributed by atoms with Gasteiger partial charge in [0.15, 0.2) is 5.13 Å². The van der Waals surface area contributed by atoms with Crippen molar-refractivity contribution in [1.29, 1.82) is 0 Å². The fourth-order valence-corrected chi connectivity index (χ4v) is 5.29. The molecule has 1 aliphatic rings. The first-order valence-electron chi connectivity index (χ1n) is 10.2. The molecule has 1 amide bonds. The minimum atomic E-state index is -0.958. The highest BCUT2D eigenvalue weighted by Crippen LogP contribution is 2.44. The average molecular weight is 460 g/mol. The highest BCUT2D eigenvalue weighted by molar-refractivity contribution is 7.22. The zero-order valence-electron chi connectivity index (χ0n) is 17.7. The van der Waals surface area contributed by atoms with Crippen molar-refractivity contribution in [3.63, 3.8) is 0 Å². The number of aliphatic hydroxyl groups is 1. The van der Waals surface area contributed by atoms with Crippen molar-refractivity contribution < 1.29 is 19.1 Å². The van der Waals surface area contributed by atoms with Crippen LogP contribution in [0.1, 0.15) is 28.3 Å². The van der Waals surface area contributed by atoms with Crippen LogP contribution < -0.4 is 4.90 Å². The van der Waals surface area contributed by atoms with E-state index in [4.69, 9.17) is 0 Å². The summed E-state index contributed by atoms with van der Waals surface area (Å²) in [5.74, 6) is -2.39. The molecule has 0 aliphatic carbocycles. The molecule has 5 rings (SSSR count). The van der Waals surface area contributed by atoms with Gasteiger partial charge in [0, 0.05) is 18.0 Å². The summed E-state index contributed by atoms with van der Waals surface area (Å²) in [7, 11) is 0. The summed E-state index contributed by atoms with van der Waals surface area (Å²) in [4.78, 5) is 36.3. The van der Waals surface area contributed by atoms with Crippen LogP contribution in [0.5, 0.6) is 0 Å². The second-order valence-electron chi connectivity index (χ2n) is 7.88. The van der Waals surface area contributed by atoms with Crippen LogP contribution in [0.2, 0.25) is 0 Å². The van der Waals surface area contributed by atoms with E-state index >= 15 is 0 Å². The van der Waals surface area contributed by atoms with Gasteiger partial charge >= 0.3 is 5.91 Å². The first-order chi connectivity index (χ1) is 15.8. The second-order valence-corrected chi connectivity index (χ2v) is 8.89. The molecule has 4 aromatic rings. The number of nitrogens with zero attached hydrogens (tertiary/aromatic N) is 3. The van der Waals surface area contributed by atoms with Gasteiger partial charge in [-0.05, 0) is 60.9 Å². The molecule has 33 heavy (non-hydrogen) atoms. The van der Waals surface area contributed by atoms with Crippen LogP contribution >= 0.6 is 11.3 Å². The molecule has 1 saturated heterocycles. The molecule has 8 heteroatoms. The number of halogens is 1. The molecule has 0 radical (unpaired) electrons. The van der Waals surface area contributed by atoms with Gasteiger partial charge in [-0.1, -0.05) is 29.5 Å². The third kappa shape index (κ3) is 3.48. The maximum atomic E-state index is 13.7. The van der Waals surface area contributed by atoms with E-state index in [1.807, 2.05) is 26.0 Å². The maximum Gasteiger partial charge on any atom is 0.301 e. The molecule has 2 aromatic heterocycles. The summed E-state index contributed by atoms with van der Waals surface area (Å²) in [6, 6.07) is 11.6. The van der Waals surface area contributed by atoms with Crippen LogP contribution in [0.3, 0.4) is 0 Å². The normalized spacial score (nSPS) is 17.8. The number of pyridine rings is 1. The van der Waals surface area contributed by atoms with E-state index in [0.29, 0.717) is 16.3 Å². The van der Waals surface area contributed by atoms with E-state index < -0.39 is 23.5 Å². The first-order valence-corrected chi connectivity index (χ1v) is 11.0. The van der Waals surface area contributed by atoms with Gasteiger partial charge in [0.1, 0.15) is 11.6 Å². The fraction of sp³-hybridized carbons (Fsp3) is 0.120. The van der Waals surface area contributed by atoms with E-state index in [0.717, 1.165) is 21.3 Å². The van der Waals surface area contributed by atoms with Gasteiger partial charge in [-0.15, -0.1) is 0 Å². The van der Waals surface area contributed by atoms with Gasteiger partial charge < -0.3 is 5.11 Å². The number of aliphatic hydroxyl groups excluding tert-OH is 1. The van der Waals surface area contributed by atoms with Crippen molar-refractivity contribution in [3.05, 3.63) is 94.6 Å². The number of carbonyl (C=O) groups excluding carboxylic acids is 2. The molecule has 0 spiro atoms. The molecule has 1 unspecified atom stereocenters. The summed E-state index contributed by atoms with van der Waals surface area (Å²) in [6.07, 6.45) is 2.97. The number of benzene rings is 2. The Labute approximate surface area is 192 Å². The minimum Gasteiger partial charge on any atom is -0.507 e. The van der Waals surface area contributed by atoms with Gasteiger partial charge in [-0.2, -0.15) is 0 Å². The Balaban J connectivity index is 1.75. The summed E-state index contributed by atoms with van der Waals surface area (Å²) < 4.78 is 14.5. The number of ketones is 1. The molecule has 6 nitrogen and oxygen atoms in total. The molecule has 0 saturated carbocycles. The molecule has 1 fully saturated rings. The minimum absolute atomic E-state index is 0.0787. The summed E-state index contributed by atoms with van der Waals surface area (Å²) in [6.45, 7) is 3.92. The zero-order chi connectivity index (χ0) is 23.3. The van der Waals surface area contributed by atoms with Gasteiger partial charge in [0.05, 0.1) is 21.8 Å². The quantitative estimate of drug-likeness (QED) is 0.263. The van der Waals surface area contributed by atoms with Crippen LogP contribution in [-0.2, 0) is 9.59 Å². The Hall–Kier alpha value is -3.91. The number of carbonyl (C=O) groups is 2. The van der Waals surface area contributed by atoms with Gasteiger partial charge in [-0.25, -0.2) is 9.37 Å². The van der Waals surface area contributed by atoms with Crippen molar-refractivity contribution >= 4 is 44.1 Å². The lowest BCUT2D eigenvalue weighted by atomic mass is 9.95. The molecule has 0 bridgehead atoms. The monoisotopic (exact) mass is 459 g/mol. The number of fused-ring (bicyclic) bond motifs is 1. The number of Topliss-reactive ketones (excluding diaryl/α,β-unsaturated/α-hetero) is 1. The van der Waals surface area contributed by atoms with Gasteiger partial charge in [-0.3, -0.25) is 19.5 Å². The first kappa shape index (κ1) is 21.0. The molecule has 1 atom stereocenters. The van der Waals surface area contributed by atoms with Crippen molar-refractivity contribution in [2.45, 2.75) is 19.9 Å². The smallest absolute Gasteiger partial charge is 0.301 e. The predicted octanol–water partition coefficient (Wildman–Crippen LogP) is 5.07. The maximum absolute atomic E-state index is 13.7. The summed E-state index contributed by atoms with van der Waals surface area (Å²) in [5, 5.41) is 11.4. The number of aromatic nitrogens is 2. The lowest BCUT2D eigenvalue weighted by molar-refractivity contribution is -0.132. The van der Waals surface area contributed by atoms with Crippen LogP contribution in [0.4, 0.5) is 9.52 Å². The van der Waals surface area contributed by atoms with Crippen LogP contribution in [0, 0.1) is 19.7 Å². The third-order valence-electron chi connectivity index (χ3n) is 5.61. The fourth-order valence-electron chi connectivity index (χ4n) is 4.12. The number of amides is 1. The van der Waals surface area contributed by atoms with Crippen LogP contribution in [-0.4, -0.2) is 26.8 Å². The number of rotatable bonds is 3. The number of thiazole rings is 1. The lowest BCUT2D eigenvalue weighted by Crippen LogP contribution is -2.29. The van der Waals surface area contributed by atoms with Crippen molar-refractivity contribution in [2.75, 3.05) is 4.90 Å². The number of anilines is 1. The highest BCUT2D eigenvalue weighted by atomic mass is 32.1. The standard InChI is InChI=1S/C25H18FN3O3S/c1-13-11-14(2)20-18(12-13)33-25(28-20)29-21(15-3-5-17(26)6-4-15)19(23(31)24(29)32)22(30)16-7-9-27-10-8-16/h3-12,21,30H,1-2H3. The predicted molar refractivity (Wildman–Crippen MR) is 125 cm³/mol. The highest BCUT2D eigenvalue weighted by Gasteiger charge is 2.48. The van der Waals surface area contributed by atoms with E-state index in [2.05, 4.69) is 9.97 Å². The molecule has 2 aromatic carbocycles. The number of hydrogen-bond donors (Lipinski definition) is 1. The second kappa shape index (κ2) is 7.90. The largest absolute Gasteiger partial charge is 0.507 e. The summed E-state index contributed by atoms with van der Waals surface area (Å²) >= 11 is 1.29. The Morgan fingerprint density at radius 1 is 1.06 bits per heavy atom. The molecular formula is C25H18FN3O3S.